The lowest BCUT2D eigenvalue weighted by atomic mass is 9.89. The maximum Gasteiger partial charge on any atom is 0.170 e. The molecular formula is C10H11NO. The molecule has 0 unspecified atom stereocenters. The van der Waals surface area contributed by atoms with E-state index in [1.54, 1.807) is 12.4 Å². The quantitative estimate of drug-likeness (QED) is 0.581. The SMILES string of the molecule is CC1(C)Cc2ccncc2C1=O. The number of Topliss-reactive ketones (excluding diaryl/α,β-unsaturated/α-hetero) is 1. The molecule has 0 amide bonds. The van der Waals surface area contributed by atoms with Gasteiger partial charge >= 0.3 is 0 Å². The fraction of sp³-hybridized carbons (Fsp3) is 0.400. The van der Waals surface area contributed by atoms with E-state index in [9.17, 15) is 4.79 Å². The molecule has 2 rings (SSSR count). The maximum atomic E-state index is 11.7. The summed E-state index contributed by atoms with van der Waals surface area (Å²) in [5, 5.41) is 0. The number of ketones is 1. The molecule has 0 fully saturated rings. The molecule has 12 heavy (non-hydrogen) atoms. The summed E-state index contributed by atoms with van der Waals surface area (Å²) in [6, 6.07) is 1.93. The lowest BCUT2D eigenvalue weighted by Gasteiger charge is -2.12. The molecule has 1 heterocycles. The molecule has 1 aliphatic carbocycles. The third-order valence-corrected chi connectivity index (χ3v) is 2.40. The van der Waals surface area contributed by atoms with Gasteiger partial charge in [-0.25, -0.2) is 0 Å². The lowest BCUT2D eigenvalue weighted by Crippen LogP contribution is -2.18. The molecule has 0 radical (unpaired) electrons. The number of rotatable bonds is 0. The minimum Gasteiger partial charge on any atom is -0.293 e. The molecular weight excluding hydrogens is 150 g/mol. The van der Waals surface area contributed by atoms with Gasteiger partial charge in [-0.1, -0.05) is 13.8 Å². The standard InChI is InChI=1S/C10H11NO/c1-10(2)5-7-3-4-11-6-8(7)9(10)12/h3-4,6H,5H2,1-2H3. The summed E-state index contributed by atoms with van der Waals surface area (Å²) in [5.74, 6) is 0.227. The first-order valence-electron chi connectivity index (χ1n) is 4.09. The second-order valence-electron chi connectivity index (χ2n) is 3.92. The Hall–Kier alpha value is -1.18. The van der Waals surface area contributed by atoms with Gasteiger partial charge in [0.1, 0.15) is 0 Å². The Kier molecular flexibility index (Phi) is 1.34. The van der Waals surface area contributed by atoms with E-state index in [1.165, 1.54) is 0 Å². The molecule has 2 nitrogen and oxygen atoms in total. The van der Waals surface area contributed by atoms with Crippen molar-refractivity contribution in [3.63, 3.8) is 0 Å². The average molecular weight is 161 g/mol. The van der Waals surface area contributed by atoms with E-state index in [0.717, 1.165) is 17.5 Å². The summed E-state index contributed by atoms with van der Waals surface area (Å²) in [5.41, 5.74) is 1.73. The fourth-order valence-electron chi connectivity index (χ4n) is 1.70. The Bertz CT molecular complexity index is 341. The zero-order valence-corrected chi connectivity index (χ0v) is 7.29. The van der Waals surface area contributed by atoms with Crippen LogP contribution in [0.25, 0.3) is 0 Å². The Morgan fingerprint density at radius 3 is 2.92 bits per heavy atom. The van der Waals surface area contributed by atoms with Crippen molar-refractivity contribution in [3.8, 4) is 0 Å². The zero-order valence-electron chi connectivity index (χ0n) is 7.29. The first kappa shape index (κ1) is 7.47. The lowest BCUT2D eigenvalue weighted by molar-refractivity contribution is 0.0863. The van der Waals surface area contributed by atoms with Crippen LogP contribution >= 0.6 is 0 Å². The maximum absolute atomic E-state index is 11.7. The number of aromatic nitrogens is 1. The van der Waals surface area contributed by atoms with E-state index in [-0.39, 0.29) is 11.2 Å². The topological polar surface area (TPSA) is 30.0 Å². The molecule has 0 N–H and O–H groups in total. The molecule has 0 saturated carbocycles. The first-order valence-corrected chi connectivity index (χ1v) is 4.09. The van der Waals surface area contributed by atoms with Crippen molar-refractivity contribution in [2.75, 3.05) is 0 Å². The highest BCUT2D eigenvalue weighted by Crippen LogP contribution is 2.35. The molecule has 1 aliphatic rings. The number of pyridine rings is 1. The monoisotopic (exact) mass is 161 g/mol. The Morgan fingerprint density at radius 2 is 2.25 bits per heavy atom. The Balaban J connectivity index is 2.57. The fourth-order valence-corrected chi connectivity index (χ4v) is 1.70. The predicted molar refractivity (Wildman–Crippen MR) is 46.1 cm³/mol. The number of carbonyl (C=O) groups excluding carboxylic acids is 1. The van der Waals surface area contributed by atoms with Gasteiger partial charge in [0.25, 0.3) is 0 Å². The van der Waals surface area contributed by atoms with Gasteiger partial charge in [-0.15, -0.1) is 0 Å². The van der Waals surface area contributed by atoms with Crippen LogP contribution in [0.1, 0.15) is 29.8 Å². The normalized spacial score (nSPS) is 19.3. The van der Waals surface area contributed by atoms with Crippen molar-refractivity contribution < 1.29 is 4.79 Å². The predicted octanol–water partition coefficient (Wildman–Crippen LogP) is 1.85. The molecule has 62 valence electrons. The van der Waals surface area contributed by atoms with Gasteiger partial charge in [-0.2, -0.15) is 0 Å². The van der Waals surface area contributed by atoms with E-state index in [1.807, 2.05) is 19.9 Å². The van der Waals surface area contributed by atoms with Gasteiger partial charge in [-0.05, 0) is 18.1 Å². The van der Waals surface area contributed by atoms with Crippen LogP contribution in [0, 0.1) is 5.41 Å². The van der Waals surface area contributed by atoms with Gasteiger partial charge in [0.05, 0.1) is 0 Å². The van der Waals surface area contributed by atoms with Crippen LogP contribution in [0.4, 0.5) is 0 Å². The summed E-state index contributed by atoms with van der Waals surface area (Å²) < 4.78 is 0. The van der Waals surface area contributed by atoms with Crippen molar-refractivity contribution in [2.45, 2.75) is 20.3 Å². The van der Waals surface area contributed by atoms with Crippen molar-refractivity contribution in [1.82, 2.24) is 4.98 Å². The number of carbonyl (C=O) groups is 1. The number of hydrogen-bond donors (Lipinski definition) is 0. The van der Waals surface area contributed by atoms with E-state index in [2.05, 4.69) is 4.98 Å². The largest absolute Gasteiger partial charge is 0.293 e. The van der Waals surface area contributed by atoms with Crippen LogP contribution in [0.3, 0.4) is 0 Å². The van der Waals surface area contributed by atoms with Gasteiger partial charge < -0.3 is 0 Å². The number of fused-ring (bicyclic) bond motifs is 1. The molecule has 0 bridgehead atoms. The van der Waals surface area contributed by atoms with Crippen LogP contribution in [0.2, 0.25) is 0 Å². The van der Waals surface area contributed by atoms with Gasteiger partial charge in [0.2, 0.25) is 0 Å². The molecule has 0 atom stereocenters. The van der Waals surface area contributed by atoms with E-state index in [4.69, 9.17) is 0 Å². The van der Waals surface area contributed by atoms with Crippen molar-refractivity contribution in [1.29, 1.82) is 0 Å². The summed E-state index contributed by atoms with van der Waals surface area (Å²) in [6.45, 7) is 3.96. The molecule has 0 spiro atoms. The number of hydrogen-bond acceptors (Lipinski definition) is 2. The van der Waals surface area contributed by atoms with Crippen LogP contribution in [-0.2, 0) is 6.42 Å². The first-order chi connectivity index (χ1) is 5.61. The Labute approximate surface area is 71.6 Å². The molecule has 1 aromatic rings. The zero-order chi connectivity index (χ0) is 8.77. The van der Waals surface area contributed by atoms with Gasteiger partial charge in [-0.3, -0.25) is 9.78 Å². The Morgan fingerprint density at radius 1 is 1.50 bits per heavy atom. The van der Waals surface area contributed by atoms with Crippen molar-refractivity contribution in [2.24, 2.45) is 5.41 Å². The van der Waals surface area contributed by atoms with E-state index in [0.29, 0.717) is 0 Å². The summed E-state index contributed by atoms with van der Waals surface area (Å²) >= 11 is 0. The van der Waals surface area contributed by atoms with Crippen molar-refractivity contribution >= 4 is 5.78 Å². The summed E-state index contributed by atoms with van der Waals surface area (Å²) in [6.07, 6.45) is 4.27. The average Bonchev–Trinajstić information content (AvgIpc) is 2.24. The second kappa shape index (κ2) is 2.16. The summed E-state index contributed by atoms with van der Waals surface area (Å²) in [7, 11) is 0. The van der Waals surface area contributed by atoms with Crippen LogP contribution in [0.5, 0.6) is 0 Å². The smallest absolute Gasteiger partial charge is 0.170 e. The number of nitrogens with zero attached hydrogens (tertiary/aromatic N) is 1. The van der Waals surface area contributed by atoms with Crippen LogP contribution < -0.4 is 0 Å². The third kappa shape index (κ3) is 0.876. The highest BCUT2D eigenvalue weighted by molar-refractivity contribution is 6.04. The van der Waals surface area contributed by atoms with Crippen LogP contribution in [-0.4, -0.2) is 10.8 Å². The van der Waals surface area contributed by atoms with Crippen molar-refractivity contribution in [3.05, 3.63) is 29.6 Å². The third-order valence-electron chi connectivity index (χ3n) is 2.40. The molecule has 1 aromatic heterocycles. The second-order valence-corrected chi connectivity index (χ2v) is 3.92. The highest BCUT2D eigenvalue weighted by atomic mass is 16.1. The minimum absolute atomic E-state index is 0.217. The minimum atomic E-state index is -0.217. The van der Waals surface area contributed by atoms with Crippen LogP contribution in [0.15, 0.2) is 18.5 Å². The van der Waals surface area contributed by atoms with Gasteiger partial charge in [0, 0.05) is 23.4 Å². The van der Waals surface area contributed by atoms with Gasteiger partial charge in [0.15, 0.2) is 5.78 Å². The molecule has 0 aromatic carbocycles. The molecule has 0 aliphatic heterocycles. The summed E-state index contributed by atoms with van der Waals surface area (Å²) in [4.78, 5) is 15.6. The highest BCUT2D eigenvalue weighted by Gasteiger charge is 2.37. The molecule has 2 heteroatoms. The van der Waals surface area contributed by atoms with E-state index >= 15 is 0 Å². The van der Waals surface area contributed by atoms with E-state index < -0.39 is 0 Å². The molecule has 0 saturated heterocycles.